The molecule has 2 aliphatic rings. The normalized spacial score (nSPS) is 18.1. The Kier molecular flexibility index (Phi) is 6.34. The first kappa shape index (κ1) is 26.2. The van der Waals surface area contributed by atoms with Crippen molar-refractivity contribution < 1.29 is 40.3 Å². The fourth-order valence-electron chi connectivity index (χ4n) is 4.23. The maximum atomic E-state index is 14.7. The first-order valence-electron chi connectivity index (χ1n) is 11.2. The molecule has 0 saturated heterocycles. The van der Waals surface area contributed by atoms with Gasteiger partial charge in [-0.25, -0.2) is 4.39 Å². The summed E-state index contributed by atoms with van der Waals surface area (Å²) in [4.78, 5) is 21.2. The predicted octanol–water partition coefficient (Wildman–Crippen LogP) is 5.05. The molecule has 3 aromatic rings. The molecule has 2 heterocycles. The molecule has 1 aliphatic heterocycles. The van der Waals surface area contributed by atoms with E-state index in [0.717, 1.165) is 18.3 Å². The summed E-state index contributed by atoms with van der Waals surface area (Å²) in [5, 5.41) is 16.2. The molecular weight excluding hydrogens is 539 g/mol. The van der Waals surface area contributed by atoms with Crippen LogP contribution in [-0.2, 0) is 10.2 Å². The van der Waals surface area contributed by atoms with Gasteiger partial charge in [-0.05, 0) is 36.3 Å². The summed E-state index contributed by atoms with van der Waals surface area (Å²) in [5.74, 6) is -2.33. The summed E-state index contributed by atoms with van der Waals surface area (Å²) < 4.78 is 94.1. The number of nitrogens with one attached hydrogen (secondary N) is 2. The van der Waals surface area contributed by atoms with Crippen molar-refractivity contribution in [2.45, 2.75) is 43.4 Å². The number of aliphatic imine (C=N–C) groups is 2. The van der Waals surface area contributed by atoms with Crippen LogP contribution in [0.5, 0.6) is 5.75 Å². The van der Waals surface area contributed by atoms with Crippen molar-refractivity contribution >= 4 is 23.5 Å². The van der Waals surface area contributed by atoms with Gasteiger partial charge in [0.15, 0.2) is 6.17 Å². The van der Waals surface area contributed by atoms with Crippen LogP contribution < -0.4 is 10.1 Å². The third kappa shape index (κ3) is 5.73. The van der Waals surface area contributed by atoms with Crippen LogP contribution in [0, 0.1) is 5.82 Å². The monoisotopic (exact) mass is 555 g/mol. The van der Waals surface area contributed by atoms with Crippen LogP contribution in [0.25, 0.3) is 11.4 Å². The zero-order chi connectivity index (χ0) is 28.0. The van der Waals surface area contributed by atoms with E-state index in [1.165, 1.54) is 18.2 Å². The molecule has 1 unspecified atom stereocenters. The Morgan fingerprint density at radius 1 is 1.10 bits per heavy atom. The number of anilines is 1. The highest BCUT2D eigenvalue weighted by Gasteiger charge is 2.53. The van der Waals surface area contributed by atoms with Crippen LogP contribution in [0.4, 0.5) is 36.4 Å². The Morgan fingerprint density at radius 2 is 1.87 bits per heavy atom. The van der Waals surface area contributed by atoms with Crippen LogP contribution in [0.2, 0.25) is 0 Å². The second-order valence-electron chi connectivity index (χ2n) is 8.83. The third-order valence-electron chi connectivity index (χ3n) is 6.08. The van der Waals surface area contributed by atoms with Gasteiger partial charge in [-0.15, -0.1) is 23.4 Å². The molecule has 39 heavy (non-hydrogen) atoms. The lowest BCUT2D eigenvalue weighted by molar-refractivity contribution is -0.274. The van der Waals surface area contributed by atoms with E-state index in [9.17, 15) is 35.5 Å². The molecule has 0 spiro atoms. The molecule has 2 N–H and O–H groups in total. The Hall–Kier alpha value is -4.37. The number of carbonyl (C=O) groups excluding carboxylic acids is 1. The summed E-state index contributed by atoms with van der Waals surface area (Å²) in [6.45, 7) is 0. The van der Waals surface area contributed by atoms with Crippen LogP contribution in [0.15, 0.2) is 46.4 Å². The zero-order valence-corrected chi connectivity index (χ0v) is 19.4. The summed E-state index contributed by atoms with van der Waals surface area (Å²) in [5.41, 5.74) is -0.822. The second kappa shape index (κ2) is 9.43. The SMILES string of the molecule is O=C(Nc1ccc(C2N=CC(CC(F)(F)F)=N2)c(-c2nn[nH]n2)c1)C1(c2ccc(OC(F)(F)F)cc2F)CC1. The second-order valence-corrected chi connectivity index (χ2v) is 8.83. The van der Waals surface area contributed by atoms with Crippen molar-refractivity contribution in [1.82, 2.24) is 20.6 Å². The maximum Gasteiger partial charge on any atom is 0.573 e. The average Bonchev–Trinajstić information content (AvgIpc) is 3.21. The van der Waals surface area contributed by atoms with Gasteiger partial charge in [0.1, 0.15) is 11.6 Å². The molecule has 1 amide bonds. The van der Waals surface area contributed by atoms with E-state index in [1.54, 1.807) is 0 Å². The molecule has 1 aliphatic carbocycles. The lowest BCUT2D eigenvalue weighted by atomic mass is 9.94. The predicted molar refractivity (Wildman–Crippen MR) is 122 cm³/mol. The van der Waals surface area contributed by atoms with Crippen molar-refractivity contribution in [2.75, 3.05) is 5.32 Å². The van der Waals surface area contributed by atoms with Gasteiger partial charge in [0.25, 0.3) is 0 Å². The smallest absolute Gasteiger partial charge is 0.406 e. The largest absolute Gasteiger partial charge is 0.573 e. The summed E-state index contributed by atoms with van der Waals surface area (Å²) >= 11 is 0. The molecule has 16 heteroatoms. The number of hydrogen-bond donors (Lipinski definition) is 2. The quantitative estimate of drug-likeness (QED) is 0.396. The number of nitrogens with zero attached hydrogens (tertiary/aromatic N) is 5. The highest BCUT2D eigenvalue weighted by Crippen LogP contribution is 2.50. The number of alkyl halides is 6. The number of ether oxygens (including phenoxy) is 1. The topological polar surface area (TPSA) is 118 Å². The number of carbonyl (C=O) groups is 1. The highest BCUT2D eigenvalue weighted by atomic mass is 19.4. The molecular formula is C23H16F7N7O2. The average molecular weight is 555 g/mol. The molecule has 1 saturated carbocycles. The van der Waals surface area contributed by atoms with Crippen molar-refractivity contribution in [3.8, 4) is 17.1 Å². The van der Waals surface area contributed by atoms with Gasteiger partial charge in [-0.1, -0.05) is 12.1 Å². The van der Waals surface area contributed by atoms with Crippen molar-refractivity contribution in [2.24, 2.45) is 9.98 Å². The molecule has 2 aromatic carbocycles. The number of hydrogen-bond acceptors (Lipinski definition) is 7. The Labute approximate surface area is 214 Å². The van der Waals surface area contributed by atoms with Gasteiger partial charge in [0.2, 0.25) is 11.7 Å². The van der Waals surface area contributed by atoms with E-state index in [1.807, 2.05) is 0 Å². The Morgan fingerprint density at radius 3 is 2.49 bits per heavy atom. The highest BCUT2D eigenvalue weighted by molar-refractivity contribution is 6.32. The number of benzene rings is 2. The molecule has 9 nitrogen and oxygen atoms in total. The number of tetrazole rings is 1. The third-order valence-corrected chi connectivity index (χ3v) is 6.08. The number of halogens is 7. The summed E-state index contributed by atoms with van der Waals surface area (Å²) in [7, 11) is 0. The number of H-pyrrole nitrogens is 1. The minimum Gasteiger partial charge on any atom is -0.406 e. The number of amides is 1. The van der Waals surface area contributed by atoms with E-state index in [2.05, 4.69) is 40.7 Å². The van der Waals surface area contributed by atoms with Crippen molar-refractivity contribution in [1.29, 1.82) is 0 Å². The van der Waals surface area contributed by atoms with Crippen LogP contribution in [0.3, 0.4) is 0 Å². The Bertz CT molecular complexity index is 1460. The first-order chi connectivity index (χ1) is 18.3. The maximum absolute atomic E-state index is 14.7. The Balaban J connectivity index is 1.39. The lowest BCUT2D eigenvalue weighted by Crippen LogP contribution is -2.29. The fraction of sp³-hybridized carbons (Fsp3) is 0.304. The van der Waals surface area contributed by atoms with Crippen LogP contribution in [0.1, 0.15) is 36.6 Å². The van der Waals surface area contributed by atoms with E-state index in [4.69, 9.17) is 0 Å². The molecule has 1 aromatic heterocycles. The lowest BCUT2D eigenvalue weighted by Gasteiger charge is -2.18. The van der Waals surface area contributed by atoms with E-state index in [-0.39, 0.29) is 41.2 Å². The zero-order valence-electron chi connectivity index (χ0n) is 19.4. The van der Waals surface area contributed by atoms with E-state index < -0.39 is 48.0 Å². The van der Waals surface area contributed by atoms with E-state index in [0.29, 0.717) is 11.6 Å². The van der Waals surface area contributed by atoms with Gasteiger partial charge in [-0.2, -0.15) is 18.4 Å². The van der Waals surface area contributed by atoms with Crippen LogP contribution >= 0.6 is 0 Å². The fourth-order valence-corrected chi connectivity index (χ4v) is 4.23. The number of aromatic amines is 1. The molecule has 1 fully saturated rings. The van der Waals surface area contributed by atoms with Gasteiger partial charge < -0.3 is 10.1 Å². The number of aromatic nitrogens is 4. The summed E-state index contributed by atoms with van der Waals surface area (Å²) in [6.07, 6.45) is -10.2. The van der Waals surface area contributed by atoms with Crippen LogP contribution in [-0.4, -0.2) is 51.0 Å². The minimum atomic E-state index is -5.00. The molecule has 204 valence electrons. The van der Waals surface area contributed by atoms with E-state index >= 15 is 0 Å². The molecule has 1 atom stereocenters. The molecule has 0 radical (unpaired) electrons. The first-order valence-corrected chi connectivity index (χ1v) is 11.2. The van der Waals surface area contributed by atoms with Gasteiger partial charge in [0.05, 0.1) is 17.5 Å². The molecule has 0 bridgehead atoms. The molecule has 5 rings (SSSR count). The van der Waals surface area contributed by atoms with Gasteiger partial charge >= 0.3 is 12.5 Å². The van der Waals surface area contributed by atoms with Crippen molar-refractivity contribution in [3.05, 3.63) is 53.3 Å². The van der Waals surface area contributed by atoms with Crippen molar-refractivity contribution in [3.63, 3.8) is 0 Å². The van der Waals surface area contributed by atoms with Gasteiger partial charge in [0, 0.05) is 34.7 Å². The number of rotatable bonds is 7. The minimum absolute atomic E-state index is 0.0585. The standard InChI is InChI=1S/C23H16F7N7O2/c24-17-8-13(39-23(28,29)30)2-4-16(17)21(5-6-21)20(38)33-11-1-3-14(15(7-11)19-34-36-37-35-19)18-31-10-12(32-18)9-22(25,26)27/h1-4,7-8,10,18H,5-6,9H2,(H,33,38)(H,34,35,36,37). The van der Waals surface area contributed by atoms with Gasteiger partial charge in [-0.3, -0.25) is 14.8 Å². The summed E-state index contributed by atoms with van der Waals surface area (Å²) in [6, 6.07) is 6.94.